The zero-order valence-corrected chi connectivity index (χ0v) is 14.8. The van der Waals surface area contributed by atoms with Crippen molar-refractivity contribution in [2.75, 3.05) is 5.32 Å². The van der Waals surface area contributed by atoms with Crippen molar-refractivity contribution in [3.8, 4) is 0 Å². The van der Waals surface area contributed by atoms with Crippen LogP contribution in [0.1, 0.15) is 56.8 Å². The van der Waals surface area contributed by atoms with Gasteiger partial charge in [-0.05, 0) is 51.0 Å². The molecule has 2 aromatic rings. The molecule has 0 saturated heterocycles. The summed E-state index contributed by atoms with van der Waals surface area (Å²) >= 11 is 0. The largest absolute Gasteiger partial charge is 0.321 e. The molecule has 0 atom stereocenters. The Hall–Kier alpha value is -2.42. The average molecular weight is 311 g/mol. The minimum Gasteiger partial charge on any atom is -0.321 e. The van der Waals surface area contributed by atoms with Gasteiger partial charge in [-0.2, -0.15) is 0 Å². The molecule has 0 bridgehead atoms. The molecule has 1 amide bonds. The summed E-state index contributed by atoms with van der Waals surface area (Å²) in [7, 11) is 0. The number of nitrogens with one attached hydrogen (secondary N) is 1. The maximum absolute atomic E-state index is 12.5. The highest BCUT2D eigenvalue weighted by Crippen LogP contribution is 2.20. The zero-order valence-electron chi connectivity index (χ0n) is 14.8. The van der Waals surface area contributed by atoms with Gasteiger partial charge in [-0.25, -0.2) is 0 Å². The van der Waals surface area contributed by atoms with Crippen molar-refractivity contribution in [3.63, 3.8) is 0 Å². The number of hydrogen-bond acceptors (Lipinski definition) is 2. The fourth-order valence-electron chi connectivity index (χ4n) is 2.62. The van der Waals surface area contributed by atoms with Crippen molar-refractivity contribution in [2.45, 2.75) is 41.5 Å². The Kier molecular flexibility index (Phi) is 6.70. The van der Waals surface area contributed by atoms with Crippen LogP contribution in [0, 0.1) is 27.7 Å². The molecule has 23 heavy (non-hydrogen) atoms. The molecule has 2 rings (SSSR count). The van der Waals surface area contributed by atoms with Gasteiger partial charge in [-0.1, -0.05) is 43.2 Å². The van der Waals surface area contributed by atoms with Crippen LogP contribution in [0.3, 0.4) is 0 Å². The zero-order chi connectivity index (χ0) is 17.6. The Labute approximate surface area is 138 Å². The molecular weight excluding hydrogens is 286 g/mol. The standard InChI is InChI=1S/C18H19NO2.C2H6/c1-11-5-6-16(15(9-11)10-20)19-18(21)17-13(3)7-12(2)8-14(17)4;1-2/h5-10H,1-4H3,(H,19,21);1-2H3. The van der Waals surface area contributed by atoms with Crippen LogP contribution in [0.15, 0.2) is 30.3 Å². The van der Waals surface area contributed by atoms with Crippen molar-refractivity contribution in [1.29, 1.82) is 0 Å². The van der Waals surface area contributed by atoms with Gasteiger partial charge in [0.05, 0.1) is 5.69 Å². The molecule has 0 saturated carbocycles. The molecule has 0 radical (unpaired) electrons. The smallest absolute Gasteiger partial charge is 0.256 e. The van der Waals surface area contributed by atoms with E-state index in [0.717, 1.165) is 28.5 Å². The summed E-state index contributed by atoms with van der Waals surface area (Å²) in [4.78, 5) is 23.6. The van der Waals surface area contributed by atoms with Crippen LogP contribution in [0.2, 0.25) is 0 Å². The van der Waals surface area contributed by atoms with Crippen LogP contribution in [0.5, 0.6) is 0 Å². The van der Waals surface area contributed by atoms with Crippen molar-refractivity contribution in [1.82, 2.24) is 0 Å². The first-order valence-corrected chi connectivity index (χ1v) is 7.87. The normalized spacial score (nSPS) is 9.65. The molecule has 0 aromatic heterocycles. The molecule has 0 spiro atoms. The van der Waals surface area contributed by atoms with Crippen molar-refractivity contribution < 1.29 is 9.59 Å². The molecule has 0 aliphatic carbocycles. The highest BCUT2D eigenvalue weighted by atomic mass is 16.1. The van der Waals surface area contributed by atoms with Gasteiger partial charge in [0.1, 0.15) is 0 Å². The summed E-state index contributed by atoms with van der Waals surface area (Å²) in [5, 5.41) is 2.84. The van der Waals surface area contributed by atoms with Gasteiger partial charge in [0, 0.05) is 11.1 Å². The van der Waals surface area contributed by atoms with Crippen LogP contribution in [0.25, 0.3) is 0 Å². The fraction of sp³-hybridized carbons (Fsp3) is 0.300. The number of benzene rings is 2. The second-order valence-electron chi connectivity index (χ2n) is 5.44. The van der Waals surface area contributed by atoms with Crippen LogP contribution in [-0.2, 0) is 0 Å². The lowest BCUT2D eigenvalue weighted by Gasteiger charge is -2.13. The Morgan fingerprint density at radius 3 is 2.00 bits per heavy atom. The van der Waals surface area contributed by atoms with E-state index in [1.54, 1.807) is 12.1 Å². The molecule has 0 unspecified atom stereocenters. The van der Waals surface area contributed by atoms with E-state index in [2.05, 4.69) is 5.32 Å². The lowest BCUT2D eigenvalue weighted by molar-refractivity contribution is 0.102. The number of hydrogen-bond donors (Lipinski definition) is 1. The van der Waals surface area contributed by atoms with E-state index in [1.165, 1.54) is 0 Å². The van der Waals surface area contributed by atoms with Crippen LogP contribution >= 0.6 is 0 Å². The molecule has 2 aromatic carbocycles. The van der Waals surface area contributed by atoms with Crippen molar-refractivity contribution >= 4 is 17.9 Å². The number of amides is 1. The van der Waals surface area contributed by atoms with E-state index in [-0.39, 0.29) is 5.91 Å². The van der Waals surface area contributed by atoms with Crippen molar-refractivity contribution in [3.05, 3.63) is 63.7 Å². The van der Waals surface area contributed by atoms with E-state index in [9.17, 15) is 9.59 Å². The Balaban J connectivity index is 0.00000127. The molecule has 122 valence electrons. The quantitative estimate of drug-likeness (QED) is 0.810. The highest BCUT2D eigenvalue weighted by Gasteiger charge is 2.14. The van der Waals surface area contributed by atoms with E-state index in [4.69, 9.17) is 0 Å². The van der Waals surface area contributed by atoms with Gasteiger partial charge < -0.3 is 5.32 Å². The number of carbonyl (C=O) groups excluding carboxylic acids is 2. The van der Waals surface area contributed by atoms with Gasteiger partial charge in [0.2, 0.25) is 0 Å². The third kappa shape index (κ3) is 4.52. The summed E-state index contributed by atoms with van der Waals surface area (Å²) in [6.45, 7) is 11.8. The Morgan fingerprint density at radius 1 is 0.913 bits per heavy atom. The highest BCUT2D eigenvalue weighted by molar-refractivity contribution is 6.08. The van der Waals surface area contributed by atoms with E-state index < -0.39 is 0 Å². The predicted octanol–water partition coefficient (Wildman–Crippen LogP) is 5.01. The maximum Gasteiger partial charge on any atom is 0.256 e. The molecule has 0 aliphatic heterocycles. The van der Waals surface area contributed by atoms with Gasteiger partial charge in [0.15, 0.2) is 6.29 Å². The molecular formula is C20H25NO2. The summed E-state index contributed by atoms with van der Waals surface area (Å²) in [5.74, 6) is -0.183. The maximum atomic E-state index is 12.5. The van der Waals surface area contributed by atoms with Gasteiger partial charge in [-0.15, -0.1) is 0 Å². The topological polar surface area (TPSA) is 46.2 Å². The lowest BCUT2D eigenvalue weighted by Crippen LogP contribution is -2.16. The molecule has 3 nitrogen and oxygen atoms in total. The second kappa shape index (κ2) is 8.28. The lowest BCUT2D eigenvalue weighted by atomic mass is 9.99. The number of rotatable bonds is 3. The van der Waals surface area contributed by atoms with Gasteiger partial charge in [0.25, 0.3) is 5.91 Å². The number of carbonyl (C=O) groups is 2. The Bertz CT molecular complexity index is 695. The summed E-state index contributed by atoms with van der Waals surface area (Å²) in [6, 6.07) is 9.36. The first-order valence-electron chi connectivity index (χ1n) is 7.87. The summed E-state index contributed by atoms with van der Waals surface area (Å²) in [6.07, 6.45) is 0.761. The van der Waals surface area contributed by atoms with Crippen LogP contribution < -0.4 is 5.32 Å². The minimum atomic E-state index is -0.183. The average Bonchev–Trinajstić information content (AvgIpc) is 2.50. The van der Waals surface area contributed by atoms with Crippen molar-refractivity contribution in [2.24, 2.45) is 0 Å². The van der Waals surface area contributed by atoms with E-state index in [0.29, 0.717) is 16.8 Å². The van der Waals surface area contributed by atoms with E-state index >= 15 is 0 Å². The van der Waals surface area contributed by atoms with Gasteiger partial charge in [-0.3, -0.25) is 9.59 Å². The molecule has 0 fully saturated rings. The number of anilines is 1. The summed E-state index contributed by atoms with van der Waals surface area (Å²) in [5.41, 5.74) is 5.68. The SMILES string of the molecule is CC.Cc1cc(C)c(C(=O)Nc2ccc(C)cc2C=O)c(C)c1. The molecule has 1 N–H and O–H groups in total. The Morgan fingerprint density at radius 2 is 1.48 bits per heavy atom. The minimum absolute atomic E-state index is 0.183. The first kappa shape index (κ1) is 18.6. The summed E-state index contributed by atoms with van der Waals surface area (Å²) < 4.78 is 0. The number of aryl methyl sites for hydroxylation is 4. The van der Waals surface area contributed by atoms with Gasteiger partial charge >= 0.3 is 0 Å². The second-order valence-corrected chi connectivity index (χ2v) is 5.44. The van der Waals surface area contributed by atoms with E-state index in [1.807, 2.05) is 59.7 Å². The predicted molar refractivity (Wildman–Crippen MR) is 96.5 cm³/mol. The molecule has 0 heterocycles. The monoisotopic (exact) mass is 311 g/mol. The molecule has 3 heteroatoms. The first-order chi connectivity index (χ1) is 10.9. The van der Waals surface area contributed by atoms with Crippen LogP contribution in [0.4, 0.5) is 5.69 Å². The third-order valence-corrected chi connectivity index (χ3v) is 3.49. The molecule has 0 aliphatic rings. The third-order valence-electron chi connectivity index (χ3n) is 3.49. The fourth-order valence-corrected chi connectivity index (χ4v) is 2.62. The number of aldehydes is 1. The van der Waals surface area contributed by atoms with Crippen LogP contribution in [-0.4, -0.2) is 12.2 Å².